The first-order valence-electron chi connectivity index (χ1n) is 6.66. The SMILES string of the molecule is Nc1cccc(CC(=O)NCc2nc3ccccc3s2)c1. The van der Waals surface area contributed by atoms with Gasteiger partial charge in [-0.15, -0.1) is 11.3 Å². The molecule has 0 aliphatic rings. The Balaban J connectivity index is 1.60. The van der Waals surface area contributed by atoms with E-state index < -0.39 is 0 Å². The molecule has 0 bridgehead atoms. The van der Waals surface area contributed by atoms with Gasteiger partial charge in [-0.2, -0.15) is 0 Å². The van der Waals surface area contributed by atoms with Gasteiger partial charge in [0, 0.05) is 5.69 Å². The maximum atomic E-state index is 11.9. The first-order chi connectivity index (χ1) is 10.2. The molecule has 1 aromatic heterocycles. The molecule has 21 heavy (non-hydrogen) atoms. The molecule has 0 unspecified atom stereocenters. The highest BCUT2D eigenvalue weighted by Gasteiger charge is 2.06. The predicted octanol–water partition coefficient (Wildman–Crippen LogP) is 2.74. The summed E-state index contributed by atoms with van der Waals surface area (Å²) in [7, 11) is 0. The highest BCUT2D eigenvalue weighted by Crippen LogP contribution is 2.21. The van der Waals surface area contributed by atoms with Crippen LogP contribution in [0.25, 0.3) is 10.2 Å². The monoisotopic (exact) mass is 297 g/mol. The summed E-state index contributed by atoms with van der Waals surface area (Å²) in [5.74, 6) is -0.0279. The van der Waals surface area contributed by atoms with Crippen LogP contribution in [-0.4, -0.2) is 10.9 Å². The Morgan fingerprint density at radius 1 is 1.19 bits per heavy atom. The first kappa shape index (κ1) is 13.6. The Kier molecular flexibility index (Phi) is 3.83. The molecule has 1 heterocycles. The van der Waals surface area contributed by atoms with Crippen molar-refractivity contribution in [1.82, 2.24) is 10.3 Å². The number of thiazole rings is 1. The third-order valence-electron chi connectivity index (χ3n) is 3.09. The van der Waals surface area contributed by atoms with Crippen molar-refractivity contribution in [2.45, 2.75) is 13.0 Å². The number of nitrogens with two attached hydrogens (primary N) is 1. The summed E-state index contributed by atoms with van der Waals surface area (Å²) in [5.41, 5.74) is 8.26. The van der Waals surface area contributed by atoms with E-state index in [4.69, 9.17) is 5.73 Å². The fourth-order valence-corrected chi connectivity index (χ4v) is 3.03. The van der Waals surface area contributed by atoms with Crippen molar-refractivity contribution in [1.29, 1.82) is 0 Å². The van der Waals surface area contributed by atoms with Gasteiger partial charge in [0.2, 0.25) is 5.91 Å². The lowest BCUT2D eigenvalue weighted by Crippen LogP contribution is -2.24. The minimum absolute atomic E-state index is 0.0279. The minimum atomic E-state index is -0.0279. The summed E-state index contributed by atoms with van der Waals surface area (Å²) < 4.78 is 1.14. The van der Waals surface area contributed by atoms with Crippen molar-refractivity contribution in [2.24, 2.45) is 0 Å². The molecule has 1 amide bonds. The summed E-state index contributed by atoms with van der Waals surface area (Å²) in [5, 5.41) is 3.81. The standard InChI is InChI=1S/C16H15N3OS/c17-12-5-3-4-11(8-12)9-15(20)18-10-16-19-13-6-1-2-7-14(13)21-16/h1-8H,9-10,17H2,(H,18,20). The van der Waals surface area contributed by atoms with E-state index in [1.807, 2.05) is 48.5 Å². The molecular weight excluding hydrogens is 282 g/mol. The van der Waals surface area contributed by atoms with E-state index in [1.165, 1.54) is 0 Å². The highest BCUT2D eigenvalue weighted by atomic mass is 32.1. The van der Waals surface area contributed by atoms with Gasteiger partial charge in [0.1, 0.15) is 5.01 Å². The largest absolute Gasteiger partial charge is 0.399 e. The molecule has 0 aliphatic carbocycles. The molecule has 0 saturated carbocycles. The van der Waals surface area contributed by atoms with Crippen LogP contribution in [0.3, 0.4) is 0 Å². The van der Waals surface area contributed by atoms with Crippen LogP contribution < -0.4 is 11.1 Å². The second kappa shape index (κ2) is 5.93. The number of para-hydroxylation sites is 1. The maximum absolute atomic E-state index is 11.9. The third kappa shape index (κ3) is 3.38. The zero-order chi connectivity index (χ0) is 14.7. The smallest absolute Gasteiger partial charge is 0.224 e. The summed E-state index contributed by atoms with van der Waals surface area (Å²) in [4.78, 5) is 16.4. The number of fused-ring (bicyclic) bond motifs is 1. The number of carbonyl (C=O) groups excluding carboxylic acids is 1. The fraction of sp³-hybridized carbons (Fsp3) is 0.125. The zero-order valence-corrected chi connectivity index (χ0v) is 12.2. The molecule has 4 nitrogen and oxygen atoms in total. The Hall–Kier alpha value is -2.40. The fourth-order valence-electron chi connectivity index (χ4n) is 2.12. The number of amides is 1. The number of nitrogens with zero attached hydrogens (tertiary/aromatic N) is 1. The lowest BCUT2D eigenvalue weighted by atomic mass is 10.1. The molecule has 106 valence electrons. The molecule has 0 atom stereocenters. The van der Waals surface area contributed by atoms with Crippen LogP contribution in [0.5, 0.6) is 0 Å². The average Bonchev–Trinajstić information content (AvgIpc) is 2.88. The van der Waals surface area contributed by atoms with Crippen molar-refractivity contribution < 1.29 is 4.79 Å². The number of carbonyl (C=O) groups is 1. The highest BCUT2D eigenvalue weighted by molar-refractivity contribution is 7.18. The number of nitrogen functional groups attached to an aromatic ring is 1. The molecule has 0 radical (unpaired) electrons. The number of anilines is 1. The van der Waals surface area contributed by atoms with Gasteiger partial charge in [-0.05, 0) is 29.8 Å². The van der Waals surface area contributed by atoms with Crippen molar-refractivity contribution in [2.75, 3.05) is 5.73 Å². The second-order valence-electron chi connectivity index (χ2n) is 4.77. The van der Waals surface area contributed by atoms with Crippen LogP contribution in [0.4, 0.5) is 5.69 Å². The molecule has 2 aromatic carbocycles. The predicted molar refractivity (Wildman–Crippen MR) is 86.0 cm³/mol. The summed E-state index contributed by atoms with van der Waals surface area (Å²) in [6.45, 7) is 0.459. The van der Waals surface area contributed by atoms with Crippen LogP contribution >= 0.6 is 11.3 Å². The topological polar surface area (TPSA) is 68.0 Å². The zero-order valence-electron chi connectivity index (χ0n) is 11.4. The Morgan fingerprint density at radius 2 is 2.05 bits per heavy atom. The first-order valence-corrected chi connectivity index (χ1v) is 7.48. The molecule has 3 aromatic rings. The van der Waals surface area contributed by atoms with Gasteiger partial charge < -0.3 is 11.1 Å². The summed E-state index contributed by atoms with van der Waals surface area (Å²) in [6.07, 6.45) is 0.329. The molecule has 0 saturated heterocycles. The molecule has 0 spiro atoms. The van der Waals surface area contributed by atoms with E-state index >= 15 is 0 Å². The van der Waals surface area contributed by atoms with E-state index in [-0.39, 0.29) is 5.91 Å². The van der Waals surface area contributed by atoms with Gasteiger partial charge >= 0.3 is 0 Å². The molecule has 0 aliphatic heterocycles. The quantitative estimate of drug-likeness (QED) is 0.728. The van der Waals surface area contributed by atoms with E-state index in [0.717, 1.165) is 20.8 Å². The van der Waals surface area contributed by atoms with Gasteiger partial charge in [-0.1, -0.05) is 24.3 Å². The van der Waals surface area contributed by atoms with Crippen molar-refractivity contribution in [3.8, 4) is 0 Å². The minimum Gasteiger partial charge on any atom is -0.399 e. The Labute approximate surface area is 126 Å². The van der Waals surface area contributed by atoms with Crippen LogP contribution in [0.1, 0.15) is 10.6 Å². The van der Waals surface area contributed by atoms with E-state index in [1.54, 1.807) is 11.3 Å². The van der Waals surface area contributed by atoms with E-state index in [9.17, 15) is 4.79 Å². The maximum Gasteiger partial charge on any atom is 0.224 e. The normalized spacial score (nSPS) is 10.7. The average molecular weight is 297 g/mol. The number of hydrogen-bond donors (Lipinski definition) is 2. The Bertz CT molecular complexity index is 749. The number of hydrogen-bond acceptors (Lipinski definition) is 4. The van der Waals surface area contributed by atoms with Gasteiger partial charge in [0.25, 0.3) is 0 Å². The summed E-state index contributed by atoms with van der Waals surface area (Å²) >= 11 is 1.60. The number of benzene rings is 2. The van der Waals surface area contributed by atoms with Crippen molar-refractivity contribution in [3.63, 3.8) is 0 Å². The van der Waals surface area contributed by atoms with Gasteiger partial charge in [0.05, 0.1) is 23.2 Å². The van der Waals surface area contributed by atoms with Crippen molar-refractivity contribution >= 4 is 33.1 Å². The van der Waals surface area contributed by atoms with Gasteiger partial charge in [-0.25, -0.2) is 4.98 Å². The molecule has 3 rings (SSSR count). The summed E-state index contributed by atoms with van der Waals surface area (Å²) in [6, 6.07) is 15.3. The molecule has 0 fully saturated rings. The molecular formula is C16H15N3OS. The number of nitrogens with one attached hydrogen (secondary N) is 1. The van der Waals surface area contributed by atoms with Crippen LogP contribution in [0.2, 0.25) is 0 Å². The Morgan fingerprint density at radius 3 is 2.86 bits per heavy atom. The van der Waals surface area contributed by atoms with Gasteiger partial charge in [-0.3, -0.25) is 4.79 Å². The molecule has 3 N–H and O–H groups in total. The third-order valence-corrected chi connectivity index (χ3v) is 4.13. The lowest BCUT2D eigenvalue weighted by molar-refractivity contribution is -0.120. The number of aromatic nitrogens is 1. The van der Waals surface area contributed by atoms with E-state index in [0.29, 0.717) is 18.7 Å². The van der Waals surface area contributed by atoms with Crippen LogP contribution in [0, 0.1) is 0 Å². The van der Waals surface area contributed by atoms with Crippen LogP contribution in [0.15, 0.2) is 48.5 Å². The van der Waals surface area contributed by atoms with Gasteiger partial charge in [0.15, 0.2) is 0 Å². The lowest BCUT2D eigenvalue weighted by Gasteiger charge is -2.04. The second-order valence-corrected chi connectivity index (χ2v) is 5.89. The number of rotatable bonds is 4. The molecule has 5 heteroatoms. The van der Waals surface area contributed by atoms with Crippen molar-refractivity contribution in [3.05, 3.63) is 59.1 Å². The van der Waals surface area contributed by atoms with Crippen LogP contribution in [-0.2, 0) is 17.8 Å². The van der Waals surface area contributed by atoms with E-state index in [2.05, 4.69) is 10.3 Å².